The van der Waals surface area contributed by atoms with Crippen LogP contribution in [0, 0.1) is 12.7 Å². The first-order valence-corrected chi connectivity index (χ1v) is 6.06. The fourth-order valence-corrected chi connectivity index (χ4v) is 1.36. The van der Waals surface area contributed by atoms with Crippen LogP contribution in [0.3, 0.4) is 0 Å². The smallest absolute Gasteiger partial charge is 0.428 e. The molecule has 1 aromatic carbocycles. The summed E-state index contributed by atoms with van der Waals surface area (Å²) in [7, 11) is 0. The second kappa shape index (κ2) is 6.00. The van der Waals surface area contributed by atoms with Gasteiger partial charge in [0.05, 0.1) is 0 Å². The minimum absolute atomic E-state index is 0.224. The third kappa shape index (κ3) is 4.62. The topological polar surface area (TPSA) is 78.6 Å². The van der Waals surface area contributed by atoms with E-state index in [1.54, 1.807) is 27.7 Å². The molecule has 0 aliphatic heterocycles. The predicted octanol–water partition coefficient (Wildman–Crippen LogP) is 2.61. The van der Waals surface area contributed by atoms with Crippen LogP contribution >= 0.6 is 0 Å². The van der Waals surface area contributed by atoms with Crippen LogP contribution in [0.25, 0.3) is 0 Å². The molecule has 0 aromatic heterocycles. The second-order valence-corrected chi connectivity index (χ2v) is 5.37. The van der Waals surface area contributed by atoms with Crippen molar-refractivity contribution >= 4 is 12.1 Å². The number of carbonyl (C=O) groups is 2. The maximum absolute atomic E-state index is 13.4. The number of carbonyl (C=O) groups excluding carboxylic acids is 2. The molecule has 1 rings (SSSR count). The van der Waals surface area contributed by atoms with Crippen LogP contribution < -0.4 is 5.73 Å². The van der Waals surface area contributed by atoms with E-state index in [2.05, 4.69) is 4.74 Å². The molecule has 0 saturated heterocycles. The molecule has 0 spiro atoms. The summed E-state index contributed by atoms with van der Waals surface area (Å²) in [5.74, 6) is -1.48. The van der Waals surface area contributed by atoms with Crippen LogP contribution in [-0.4, -0.2) is 17.7 Å². The second-order valence-electron chi connectivity index (χ2n) is 5.37. The summed E-state index contributed by atoms with van der Waals surface area (Å²) in [6.45, 7) is 6.49. The van der Waals surface area contributed by atoms with E-state index < -0.39 is 29.6 Å². The predicted molar refractivity (Wildman–Crippen MR) is 70.4 cm³/mol. The highest BCUT2D eigenvalue weighted by atomic mass is 19.1. The number of rotatable bonds is 2. The third-order valence-electron chi connectivity index (χ3n) is 2.38. The summed E-state index contributed by atoms with van der Waals surface area (Å²) >= 11 is 0. The van der Waals surface area contributed by atoms with Crippen molar-refractivity contribution in [1.29, 1.82) is 0 Å². The van der Waals surface area contributed by atoms with Crippen molar-refractivity contribution < 1.29 is 23.5 Å². The van der Waals surface area contributed by atoms with Crippen LogP contribution in [-0.2, 0) is 14.3 Å². The third-order valence-corrected chi connectivity index (χ3v) is 2.38. The van der Waals surface area contributed by atoms with Crippen LogP contribution in [0.4, 0.5) is 9.18 Å². The zero-order valence-electron chi connectivity index (χ0n) is 11.9. The van der Waals surface area contributed by atoms with Crippen molar-refractivity contribution in [2.75, 3.05) is 0 Å². The van der Waals surface area contributed by atoms with Gasteiger partial charge in [-0.15, -0.1) is 0 Å². The molecular weight excluding hydrogens is 265 g/mol. The summed E-state index contributed by atoms with van der Waals surface area (Å²) in [5.41, 5.74) is 5.50. The Labute approximate surface area is 116 Å². The van der Waals surface area contributed by atoms with E-state index in [0.717, 1.165) is 6.07 Å². The van der Waals surface area contributed by atoms with Crippen LogP contribution in [0.15, 0.2) is 18.2 Å². The Kier molecular flexibility index (Phi) is 4.83. The van der Waals surface area contributed by atoms with E-state index in [0.29, 0.717) is 5.56 Å². The van der Waals surface area contributed by atoms with Crippen molar-refractivity contribution in [2.45, 2.75) is 39.3 Å². The standard InChI is InChI=1S/C14H18FNO4/c1-8-5-6-9(7-10(8)15)11(16)12(17)19-13(18)20-14(2,3)4/h5-7,11H,16H2,1-4H3. The number of aryl methyl sites for hydroxylation is 1. The summed E-state index contributed by atoms with van der Waals surface area (Å²) in [5, 5.41) is 0. The summed E-state index contributed by atoms with van der Waals surface area (Å²) < 4.78 is 22.7. The van der Waals surface area contributed by atoms with Crippen LogP contribution in [0.2, 0.25) is 0 Å². The van der Waals surface area contributed by atoms with Gasteiger partial charge in [-0.3, -0.25) is 0 Å². The van der Waals surface area contributed by atoms with Gasteiger partial charge in [-0.2, -0.15) is 0 Å². The lowest BCUT2D eigenvalue weighted by Crippen LogP contribution is -2.30. The Morgan fingerprint density at radius 1 is 1.30 bits per heavy atom. The van der Waals surface area contributed by atoms with Gasteiger partial charge in [0.25, 0.3) is 0 Å². The molecule has 0 radical (unpaired) electrons. The van der Waals surface area contributed by atoms with Gasteiger partial charge in [0.1, 0.15) is 17.5 Å². The summed E-state index contributed by atoms with van der Waals surface area (Å²) in [6.07, 6.45) is -1.13. The van der Waals surface area contributed by atoms with E-state index in [1.165, 1.54) is 12.1 Å². The van der Waals surface area contributed by atoms with Gasteiger partial charge in [0.15, 0.2) is 0 Å². The normalized spacial score (nSPS) is 12.7. The largest absolute Gasteiger partial charge is 0.516 e. The summed E-state index contributed by atoms with van der Waals surface area (Å²) in [6, 6.07) is 2.87. The lowest BCUT2D eigenvalue weighted by molar-refractivity contribution is -0.143. The molecule has 20 heavy (non-hydrogen) atoms. The molecular formula is C14H18FNO4. The van der Waals surface area contributed by atoms with Crippen LogP contribution in [0.1, 0.15) is 37.9 Å². The molecule has 110 valence electrons. The van der Waals surface area contributed by atoms with E-state index in [4.69, 9.17) is 10.5 Å². The molecule has 6 heteroatoms. The number of halogens is 1. The number of nitrogens with two attached hydrogens (primary N) is 1. The van der Waals surface area contributed by atoms with Gasteiger partial charge in [-0.05, 0) is 44.9 Å². The first kappa shape index (κ1) is 16.1. The van der Waals surface area contributed by atoms with Crippen LogP contribution in [0.5, 0.6) is 0 Å². The molecule has 0 aliphatic carbocycles. The Hall–Kier alpha value is -1.95. The SMILES string of the molecule is Cc1ccc(C(N)C(=O)OC(=O)OC(C)(C)C)cc1F. The Bertz CT molecular complexity index is 522. The molecule has 1 aromatic rings. The van der Waals surface area contributed by atoms with E-state index in [9.17, 15) is 14.0 Å². The van der Waals surface area contributed by atoms with E-state index >= 15 is 0 Å². The van der Waals surface area contributed by atoms with Gasteiger partial charge < -0.3 is 15.2 Å². The number of hydrogen-bond acceptors (Lipinski definition) is 5. The zero-order chi connectivity index (χ0) is 15.5. The maximum atomic E-state index is 13.4. The van der Waals surface area contributed by atoms with E-state index in [-0.39, 0.29) is 5.56 Å². The van der Waals surface area contributed by atoms with Gasteiger partial charge in [0, 0.05) is 0 Å². The van der Waals surface area contributed by atoms with Crippen molar-refractivity contribution in [3.63, 3.8) is 0 Å². The molecule has 5 nitrogen and oxygen atoms in total. The van der Waals surface area contributed by atoms with Gasteiger partial charge in [-0.25, -0.2) is 14.0 Å². The molecule has 0 bridgehead atoms. The molecule has 0 aliphatic rings. The number of benzene rings is 1. The average Bonchev–Trinajstić information content (AvgIpc) is 2.29. The highest BCUT2D eigenvalue weighted by Gasteiger charge is 2.25. The van der Waals surface area contributed by atoms with Crippen molar-refractivity contribution in [3.05, 3.63) is 35.1 Å². The summed E-state index contributed by atoms with van der Waals surface area (Å²) in [4.78, 5) is 23.0. The Morgan fingerprint density at radius 2 is 1.90 bits per heavy atom. The van der Waals surface area contributed by atoms with Gasteiger partial charge >= 0.3 is 12.1 Å². The first-order chi connectivity index (χ1) is 9.10. The number of hydrogen-bond donors (Lipinski definition) is 1. The quantitative estimate of drug-likeness (QED) is 0.666. The fraction of sp³-hybridized carbons (Fsp3) is 0.429. The van der Waals surface area contributed by atoms with Gasteiger partial charge in [-0.1, -0.05) is 12.1 Å². The number of ether oxygens (including phenoxy) is 2. The molecule has 0 amide bonds. The fourth-order valence-electron chi connectivity index (χ4n) is 1.36. The molecule has 0 saturated carbocycles. The zero-order valence-corrected chi connectivity index (χ0v) is 11.9. The first-order valence-electron chi connectivity index (χ1n) is 6.06. The van der Waals surface area contributed by atoms with E-state index in [1.807, 2.05) is 0 Å². The molecule has 2 N–H and O–H groups in total. The lowest BCUT2D eigenvalue weighted by atomic mass is 10.1. The molecule has 1 atom stereocenters. The van der Waals surface area contributed by atoms with Gasteiger partial charge in [0.2, 0.25) is 0 Å². The highest BCUT2D eigenvalue weighted by molar-refractivity contribution is 5.86. The van der Waals surface area contributed by atoms with Crippen molar-refractivity contribution in [1.82, 2.24) is 0 Å². The molecule has 0 heterocycles. The lowest BCUT2D eigenvalue weighted by Gasteiger charge is -2.19. The van der Waals surface area contributed by atoms with Crippen molar-refractivity contribution in [2.24, 2.45) is 5.73 Å². The minimum atomic E-state index is -1.25. The minimum Gasteiger partial charge on any atom is -0.428 e. The Balaban J connectivity index is 2.72. The Morgan fingerprint density at radius 3 is 2.40 bits per heavy atom. The monoisotopic (exact) mass is 283 g/mol. The molecule has 1 unspecified atom stereocenters. The van der Waals surface area contributed by atoms with Crippen molar-refractivity contribution in [3.8, 4) is 0 Å². The maximum Gasteiger partial charge on any atom is 0.516 e. The highest BCUT2D eigenvalue weighted by Crippen LogP contribution is 2.17. The molecule has 0 fully saturated rings. The average molecular weight is 283 g/mol. The number of esters is 1.